The van der Waals surface area contributed by atoms with Crippen molar-refractivity contribution in [2.24, 2.45) is 17.8 Å². The summed E-state index contributed by atoms with van der Waals surface area (Å²) in [6.45, 7) is 21.6. The predicted molar refractivity (Wildman–Crippen MR) is 227 cm³/mol. The maximum atomic E-state index is 14.8. The summed E-state index contributed by atoms with van der Waals surface area (Å²) in [6, 6.07) is 3.52. The van der Waals surface area contributed by atoms with Gasteiger partial charge in [0.25, 0.3) is 5.91 Å². The van der Waals surface area contributed by atoms with Crippen molar-refractivity contribution in [3.05, 3.63) is 35.9 Å². The van der Waals surface area contributed by atoms with Crippen LogP contribution in [0.1, 0.15) is 128 Å². The lowest BCUT2D eigenvalue weighted by Gasteiger charge is -2.35. The largest absolute Gasteiger partial charge is 0.467 e. The Balaban J connectivity index is 3.89. The number of carbonyl (C=O) groups is 8. The van der Waals surface area contributed by atoms with Gasteiger partial charge in [0, 0.05) is 12.8 Å². The van der Waals surface area contributed by atoms with Gasteiger partial charge in [-0.2, -0.15) is 0 Å². The van der Waals surface area contributed by atoms with E-state index in [0.29, 0.717) is 12.0 Å². The summed E-state index contributed by atoms with van der Waals surface area (Å²) < 4.78 is 21.5. The van der Waals surface area contributed by atoms with E-state index in [0.717, 1.165) is 0 Å². The third-order valence-corrected chi connectivity index (χ3v) is 9.37. The van der Waals surface area contributed by atoms with E-state index >= 15 is 0 Å². The zero-order chi connectivity index (χ0) is 46.9. The van der Waals surface area contributed by atoms with Crippen LogP contribution >= 0.6 is 0 Å². The molecule has 0 aliphatic heterocycles. The molecule has 61 heavy (non-hydrogen) atoms. The quantitative estimate of drug-likeness (QED) is 0.0621. The Morgan fingerprint density at radius 1 is 0.672 bits per heavy atom. The normalized spacial score (nSPS) is 15.1. The highest BCUT2D eigenvalue weighted by Gasteiger charge is 2.51. The number of esters is 3. The van der Waals surface area contributed by atoms with E-state index in [2.05, 4.69) is 26.6 Å². The molecule has 6 atom stereocenters. The Morgan fingerprint density at radius 3 is 1.75 bits per heavy atom. The van der Waals surface area contributed by atoms with Crippen LogP contribution in [0, 0.1) is 17.8 Å². The lowest BCUT2D eigenvalue weighted by molar-refractivity contribution is -0.163. The molecule has 1 rings (SSSR count). The van der Waals surface area contributed by atoms with Crippen LogP contribution in [0.15, 0.2) is 30.3 Å². The molecule has 0 saturated carbocycles. The number of carbonyl (C=O) groups excluding carboxylic acids is 8. The maximum absolute atomic E-state index is 14.8. The maximum Gasteiger partial charge on any atom is 0.408 e. The van der Waals surface area contributed by atoms with Crippen LogP contribution in [0.25, 0.3) is 0 Å². The van der Waals surface area contributed by atoms with E-state index in [1.54, 1.807) is 113 Å². The predicted octanol–water partition coefficient (Wildman–Crippen LogP) is 4.39. The molecule has 0 aliphatic carbocycles. The van der Waals surface area contributed by atoms with E-state index in [4.69, 9.17) is 18.9 Å². The van der Waals surface area contributed by atoms with Crippen molar-refractivity contribution in [1.82, 2.24) is 26.6 Å². The van der Waals surface area contributed by atoms with E-state index in [1.165, 1.54) is 7.11 Å². The topological polar surface area (TPSA) is 234 Å². The van der Waals surface area contributed by atoms with Gasteiger partial charge in [-0.05, 0) is 77.7 Å². The Bertz CT molecular complexity index is 1650. The molecule has 17 nitrogen and oxygen atoms in total. The lowest BCUT2D eigenvalue weighted by atomic mass is 9.89. The molecular formula is C44H71N5O12. The number of hydrogen-bond donors (Lipinski definition) is 5. The number of amides is 5. The minimum Gasteiger partial charge on any atom is -0.467 e. The fraction of sp³-hybridized carbons (Fsp3) is 0.682. The van der Waals surface area contributed by atoms with Gasteiger partial charge in [0.05, 0.1) is 7.11 Å². The van der Waals surface area contributed by atoms with Crippen molar-refractivity contribution < 1.29 is 57.3 Å². The van der Waals surface area contributed by atoms with Crippen LogP contribution < -0.4 is 26.6 Å². The number of alkyl carbamates (subject to hydrolysis) is 1. The van der Waals surface area contributed by atoms with Crippen molar-refractivity contribution in [3.8, 4) is 0 Å². The molecule has 344 valence electrons. The number of ether oxygens (including phenoxy) is 4. The Hall–Kier alpha value is -5.22. The van der Waals surface area contributed by atoms with Gasteiger partial charge in [-0.25, -0.2) is 14.4 Å². The highest BCUT2D eigenvalue weighted by Crippen LogP contribution is 2.22. The first-order chi connectivity index (χ1) is 28.2. The SMILES string of the molecule is CC[C@H](NC(=O)C(CCC(=O)OC(C)(C)C)(NC(=O)[C@H](CC(C)C)NC(=O)[C@@H](NC(=O)OC(C)(C)C)C(C)C)C(=O)OCc1ccccc1)C(=O)N[C@H](C(=O)OC)[C@@H](C)CC. The first kappa shape index (κ1) is 53.8. The van der Waals surface area contributed by atoms with E-state index < -0.39 is 107 Å². The minimum atomic E-state index is -2.69. The van der Waals surface area contributed by atoms with Gasteiger partial charge in [0.1, 0.15) is 42.0 Å². The zero-order valence-corrected chi connectivity index (χ0v) is 38.6. The second-order valence-corrected chi connectivity index (χ2v) is 17.9. The summed E-state index contributed by atoms with van der Waals surface area (Å²) in [7, 11) is 1.18. The summed E-state index contributed by atoms with van der Waals surface area (Å²) in [5, 5.41) is 12.9. The summed E-state index contributed by atoms with van der Waals surface area (Å²) in [5.74, 6) is -7.58. The van der Waals surface area contributed by atoms with E-state index in [9.17, 15) is 38.4 Å². The first-order valence-corrected chi connectivity index (χ1v) is 20.9. The number of methoxy groups -OCH3 is 1. The summed E-state index contributed by atoms with van der Waals surface area (Å²) >= 11 is 0. The summed E-state index contributed by atoms with van der Waals surface area (Å²) in [6.07, 6.45) is -1.67. The van der Waals surface area contributed by atoms with Crippen LogP contribution in [0.5, 0.6) is 0 Å². The second-order valence-electron chi connectivity index (χ2n) is 17.9. The van der Waals surface area contributed by atoms with Gasteiger partial charge in [-0.3, -0.25) is 24.0 Å². The fourth-order valence-corrected chi connectivity index (χ4v) is 5.92. The molecule has 0 aromatic heterocycles. The molecule has 17 heteroatoms. The van der Waals surface area contributed by atoms with Crippen LogP contribution in [-0.4, -0.2) is 95.6 Å². The zero-order valence-electron chi connectivity index (χ0n) is 38.6. The van der Waals surface area contributed by atoms with Gasteiger partial charge in [-0.15, -0.1) is 0 Å². The van der Waals surface area contributed by atoms with Crippen LogP contribution in [0.2, 0.25) is 0 Å². The molecule has 1 aromatic rings. The van der Waals surface area contributed by atoms with Gasteiger partial charge in [0.2, 0.25) is 23.3 Å². The fourth-order valence-electron chi connectivity index (χ4n) is 5.92. The van der Waals surface area contributed by atoms with Crippen molar-refractivity contribution in [2.45, 2.75) is 170 Å². The van der Waals surface area contributed by atoms with Crippen molar-refractivity contribution in [1.29, 1.82) is 0 Å². The average Bonchev–Trinajstić information content (AvgIpc) is 3.16. The molecule has 5 N–H and O–H groups in total. The Morgan fingerprint density at radius 2 is 1.26 bits per heavy atom. The number of hydrogen-bond acceptors (Lipinski definition) is 12. The number of benzene rings is 1. The van der Waals surface area contributed by atoms with Gasteiger partial charge >= 0.3 is 24.0 Å². The van der Waals surface area contributed by atoms with Gasteiger partial charge in [0.15, 0.2) is 0 Å². The molecule has 0 saturated heterocycles. The molecule has 0 heterocycles. The molecule has 0 fully saturated rings. The third kappa shape index (κ3) is 18.5. The number of rotatable bonds is 22. The molecular weight excluding hydrogens is 791 g/mol. The molecule has 5 amide bonds. The standard InChI is InChI=1S/C44H71N5O12/c1-15-28(7)34(38(54)58-14)47-35(51)30(16-2)46-39(55)44(23-22-32(50)60-42(8,9)10,40(56)59-25-29-20-18-17-19-21-29)49-36(52)31(24-26(3)4)45-37(53)33(27(5)6)48-41(57)61-43(11,12)13/h17-21,26-28,30-31,33-34H,15-16,22-25H2,1-14H3,(H,45,53)(H,46,55)(H,47,51)(H,48,57)(H,49,52)/t28-,30-,31-,33-,34-,44?/m0/s1. The smallest absolute Gasteiger partial charge is 0.408 e. The molecule has 0 bridgehead atoms. The van der Waals surface area contributed by atoms with Crippen LogP contribution in [0.3, 0.4) is 0 Å². The second kappa shape index (κ2) is 24.3. The Kier molecular flexibility index (Phi) is 21.4. The molecule has 1 aromatic carbocycles. The van der Waals surface area contributed by atoms with Gasteiger partial charge < -0.3 is 45.5 Å². The third-order valence-electron chi connectivity index (χ3n) is 9.37. The first-order valence-electron chi connectivity index (χ1n) is 20.9. The average molecular weight is 862 g/mol. The highest BCUT2D eigenvalue weighted by atomic mass is 16.6. The molecule has 0 radical (unpaired) electrons. The lowest BCUT2D eigenvalue weighted by Crippen LogP contribution is -2.69. The van der Waals surface area contributed by atoms with Crippen molar-refractivity contribution in [3.63, 3.8) is 0 Å². The molecule has 0 spiro atoms. The van der Waals surface area contributed by atoms with Crippen molar-refractivity contribution >= 4 is 47.6 Å². The summed E-state index contributed by atoms with van der Waals surface area (Å²) in [5.41, 5.74) is -3.98. The van der Waals surface area contributed by atoms with Crippen molar-refractivity contribution in [2.75, 3.05) is 7.11 Å². The van der Waals surface area contributed by atoms with Crippen LogP contribution in [0.4, 0.5) is 4.79 Å². The Labute approximate surface area is 361 Å². The van der Waals surface area contributed by atoms with Gasteiger partial charge in [-0.1, -0.05) is 85.2 Å². The highest BCUT2D eigenvalue weighted by molar-refractivity contribution is 6.12. The van der Waals surface area contributed by atoms with E-state index in [-0.39, 0.29) is 31.3 Å². The molecule has 1 unspecified atom stereocenters. The summed E-state index contributed by atoms with van der Waals surface area (Å²) in [4.78, 5) is 110. The van der Waals surface area contributed by atoms with E-state index in [1.807, 2.05) is 6.92 Å². The monoisotopic (exact) mass is 862 g/mol. The number of nitrogens with one attached hydrogen (secondary N) is 5. The van der Waals surface area contributed by atoms with Crippen LogP contribution in [-0.2, 0) is 59.1 Å². The molecule has 0 aliphatic rings. The minimum absolute atomic E-state index is 0.00216.